The Hall–Kier alpha value is -0.850. The minimum absolute atomic E-state index is 0.0102. The van der Waals surface area contributed by atoms with Gasteiger partial charge in [-0.15, -0.1) is 0 Å². The van der Waals surface area contributed by atoms with Crippen LogP contribution in [-0.4, -0.2) is 15.7 Å². The number of hydrogen-bond donors (Lipinski definition) is 0. The maximum Gasteiger partial charge on any atom is 0.270 e. The lowest BCUT2D eigenvalue weighted by atomic mass is 10.0. The number of benzene rings is 2. The van der Waals surface area contributed by atoms with Gasteiger partial charge in [-0.05, 0) is 29.8 Å². The quantitative estimate of drug-likeness (QED) is 0.488. The fourth-order valence-electron chi connectivity index (χ4n) is 2.22. The van der Waals surface area contributed by atoms with Gasteiger partial charge in [-0.2, -0.15) is 0 Å². The van der Waals surface area contributed by atoms with E-state index in [1.54, 1.807) is 6.07 Å². The van der Waals surface area contributed by atoms with Crippen LogP contribution in [0.3, 0.4) is 0 Å². The summed E-state index contributed by atoms with van der Waals surface area (Å²) in [5, 5.41) is 0. The van der Waals surface area contributed by atoms with Crippen LogP contribution in [0.5, 0.6) is 0 Å². The Balaban J connectivity index is 2.07. The van der Waals surface area contributed by atoms with Crippen molar-refractivity contribution < 1.29 is 13.2 Å². The molecule has 0 amide bonds. The molecule has 0 saturated heterocycles. The van der Waals surface area contributed by atoms with E-state index in [1.807, 2.05) is 0 Å². The lowest BCUT2D eigenvalue weighted by molar-refractivity contribution is 0.580. The van der Waals surface area contributed by atoms with Gasteiger partial charge >= 0.3 is 0 Å². The third kappa shape index (κ3) is 3.24. The molecule has 114 valence electrons. The Bertz CT molecular complexity index is 736. The van der Waals surface area contributed by atoms with E-state index >= 15 is 0 Å². The van der Waals surface area contributed by atoms with Crippen LogP contribution in [0.2, 0.25) is 0 Å². The first kappa shape index (κ1) is 16.0. The first-order valence-electron chi connectivity index (χ1n) is 6.63. The second-order valence-electron chi connectivity index (χ2n) is 4.78. The minimum Gasteiger partial charge on any atom is -0.206 e. The van der Waals surface area contributed by atoms with Crippen LogP contribution in [0, 0.1) is 17.5 Å². The zero-order chi connectivity index (χ0) is 15.7. The van der Waals surface area contributed by atoms with E-state index in [2.05, 4.69) is 15.9 Å². The van der Waals surface area contributed by atoms with E-state index in [9.17, 15) is 13.2 Å². The summed E-state index contributed by atoms with van der Waals surface area (Å²) in [6.45, 7) is 0. The highest BCUT2D eigenvalue weighted by atomic mass is 79.9. The van der Waals surface area contributed by atoms with Crippen LogP contribution in [0.4, 0.5) is 13.2 Å². The molecule has 1 heterocycles. The van der Waals surface area contributed by atoms with Crippen molar-refractivity contribution in [1.29, 1.82) is 0 Å². The standard InChI is InChI=1S/C16H11BrF3S2/c17-10-2-3-11(12(18)8-10)9-6-13(19)15(14(20)7-9)16-21-4-1-5-22-16/h2-3,6-8H,1,4-5H2/q+1. The Kier molecular flexibility index (Phi) is 4.90. The normalized spacial score (nSPS) is 14.8. The molecule has 22 heavy (non-hydrogen) atoms. The molecular weight excluding hydrogens is 393 g/mol. The molecule has 0 saturated carbocycles. The van der Waals surface area contributed by atoms with E-state index in [0.717, 1.165) is 17.9 Å². The van der Waals surface area contributed by atoms with Crippen molar-refractivity contribution >= 4 is 43.2 Å². The van der Waals surface area contributed by atoms with E-state index in [-0.39, 0.29) is 16.7 Å². The van der Waals surface area contributed by atoms with Crippen LogP contribution in [-0.2, 0) is 11.4 Å². The molecule has 0 unspecified atom stereocenters. The second-order valence-corrected chi connectivity index (χ2v) is 8.16. The third-order valence-corrected chi connectivity index (χ3v) is 6.36. The zero-order valence-corrected chi connectivity index (χ0v) is 14.6. The van der Waals surface area contributed by atoms with Crippen LogP contribution >= 0.6 is 27.7 Å². The second kappa shape index (κ2) is 6.72. The highest BCUT2D eigenvalue weighted by Crippen LogP contribution is 2.30. The van der Waals surface area contributed by atoms with Crippen molar-refractivity contribution in [2.45, 2.75) is 6.42 Å². The maximum atomic E-state index is 14.4. The van der Waals surface area contributed by atoms with Crippen LogP contribution < -0.4 is 0 Å². The average molecular weight is 404 g/mol. The highest BCUT2D eigenvalue weighted by Gasteiger charge is 2.27. The molecule has 0 bridgehead atoms. The molecule has 2 aromatic carbocycles. The van der Waals surface area contributed by atoms with Crippen molar-refractivity contribution in [3.05, 3.63) is 57.8 Å². The molecule has 1 aliphatic rings. The summed E-state index contributed by atoms with van der Waals surface area (Å²) in [6, 6.07) is 6.83. The fourth-order valence-corrected chi connectivity index (χ4v) is 5.20. The lowest BCUT2D eigenvalue weighted by Gasteiger charge is -2.09. The van der Waals surface area contributed by atoms with Crippen molar-refractivity contribution in [2.24, 2.45) is 0 Å². The van der Waals surface area contributed by atoms with Crippen molar-refractivity contribution in [2.75, 3.05) is 11.5 Å². The van der Waals surface area contributed by atoms with Crippen molar-refractivity contribution in [1.82, 2.24) is 0 Å². The number of hydrogen-bond acceptors (Lipinski definition) is 1. The van der Waals surface area contributed by atoms with Gasteiger partial charge in [-0.25, -0.2) is 13.2 Å². The molecule has 0 fully saturated rings. The summed E-state index contributed by atoms with van der Waals surface area (Å²) in [4.78, 5) is 0. The summed E-state index contributed by atoms with van der Waals surface area (Å²) >= 11 is 6.11. The smallest absolute Gasteiger partial charge is 0.206 e. The van der Waals surface area contributed by atoms with E-state index in [4.69, 9.17) is 0 Å². The summed E-state index contributed by atoms with van der Waals surface area (Å²) in [5.74, 6) is -0.0762. The van der Waals surface area contributed by atoms with Gasteiger partial charge in [0, 0.05) is 22.2 Å². The average Bonchev–Trinajstić information content (AvgIpc) is 2.47. The minimum atomic E-state index is -0.644. The SMILES string of the molecule is Fc1cc(Br)ccc1-c1cc(F)c(C2=[S+]CCCS2)c(F)c1. The Morgan fingerprint density at radius 2 is 1.73 bits per heavy atom. The number of thioether (sulfide) groups is 1. The monoisotopic (exact) mass is 403 g/mol. The molecule has 6 heteroatoms. The van der Waals surface area contributed by atoms with E-state index in [0.29, 0.717) is 8.67 Å². The predicted octanol–water partition coefficient (Wildman–Crippen LogP) is 5.23. The van der Waals surface area contributed by atoms with Crippen molar-refractivity contribution in [3.63, 3.8) is 0 Å². The van der Waals surface area contributed by atoms with Gasteiger partial charge in [-0.3, -0.25) is 0 Å². The Morgan fingerprint density at radius 3 is 2.32 bits per heavy atom. The molecule has 3 rings (SSSR count). The van der Waals surface area contributed by atoms with Crippen LogP contribution in [0.15, 0.2) is 34.8 Å². The zero-order valence-electron chi connectivity index (χ0n) is 11.3. The van der Waals surface area contributed by atoms with Gasteiger partial charge < -0.3 is 0 Å². The van der Waals surface area contributed by atoms with Gasteiger partial charge in [0.15, 0.2) is 17.1 Å². The van der Waals surface area contributed by atoms with Crippen LogP contribution in [0.1, 0.15) is 12.0 Å². The molecule has 0 atom stereocenters. The molecular formula is C16H11BrF3S2+. The number of rotatable bonds is 2. The van der Waals surface area contributed by atoms with Crippen molar-refractivity contribution in [3.8, 4) is 11.1 Å². The third-order valence-electron chi connectivity index (χ3n) is 3.24. The Labute approximate surface area is 143 Å². The molecule has 0 aromatic heterocycles. The maximum absolute atomic E-state index is 14.4. The highest BCUT2D eigenvalue weighted by molar-refractivity contribution is 9.10. The predicted molar refractivity (Wildman–Crippen MR) is 92.9 cm³/mol. The summed E-state index contributed by atoms with van der Waals surface area (Å²) in [5.41, 5.74) is 0.396. The largest absolute Gasteiger partial charge is 0.270 e. The van der Waals surface area contributed by atoms with Gasteiger partial charge in [0.1, 0.15) is 23.0 Å². The van der Waals surface area contributed by atoms with E-state index < -0.39 is 17.5 Å². The first-order valence-corrected chi connectivity index (χ1v) is 9.40. The number of halogens is 4. The molecule has 0 aliphatic carbocycles. The van der Waals surface area contributed by atoms with Gasteiger partial charge in [0.05, 0.1) is 0 Å². The van der Waals surface area contributed by atoms with Gasteiger partial charge in [0.25, 0.3) is 4.20 Å². The van der Waals surface area contributed by atoms with E-state index in [1.165, 1.54) is 47.4 Å². The summed E-state index contributed by atoms with van der Waals surface area (Å²) in [7, 11) is 0. The Morgan fingerprint density at radius 1 is 1.00 bits per heavy atom. The molecule has 0 nitrogen and oxygen atoms in total. The summed E-state index contributed by atoms with van der Waals surface area (Å²) in [6.07, 6.45) is 1.03. The fraction of sp³-hybridized carbons (Fsp3) is 0.188. The molecule has 0 N–H and O–H groups in total. The van der Waals surface area contributed by atoms with Gasteiger partial charge in [0.2, 0.25) is 0 Å². The molecule has 0 spiro atoms. The lowest BCUT2D eigenvalue weighted by Crippen LogP contribution is -2.11. The molecule has 0 radical (unpaired) electrons. The van der Waals surface area contributed by atoms with Crippen LogP contribution in [0.25, 0.3) is 11.1 Å². The topological polar surface area (TPSA) is 0 Å². The van der Waals surface area contributed by atoms with Gasteiger partial charge in [-0.1, -0.05) is 33.8 Å². The summed E-state index contributed by atoms with van der Waals surface area (Å²) < 4.78 is 44.0. The molecule has 2 aromatic rings. The first-order chi connectivity index (χ1) is 10.6. The molecule has 1 aliphatic heterocycles.